The van der Waals surface area contributed by atoms with Crippen molar-refractivity contribution < 1.29 is 9.50 Å². The molecule has 0 amide bonds. The molecule has 1 aromatic rings. The Hall–Kier alpha value is -0.600. The summed E-state index contributed by atoms with van der Waals surface area (Å²) in [7, 11) is 0. The van der Waals surface area contributed by atoms with Crippen molar-refractivity contribution in [1.29, 1.82) is 0 Å². The first-order valence-corrected chi connectivity index (χ1v) is 4.56. The highest BCUT2D eigenvalue weighted by Crippen LogP contribution is 2.20. The van der Waals surface area contributed by atoms with Crippen LogP contribution < -0.4 is 0 Å². The lowest BCUT2D eigenvalue weighted by atomic mass is 10.0. The summed E-state index contributed by atoms with van der Waals surface area (Å²) in [5.74, 6) is -0.308. The third-order valence-corrected chi connectivity index (χ3v) is 2.20. The number of halogens is 2. The molecule has 1 nitrogen and oxygen atoms in total. The van der Waals surface area contributed by atoms with Crippen molar-refractivity contribution >= 4 is 11.6 Å². The van der Waals surface area contributed by atoms with Gasteiger partial charge in [-0.15, -0.1) is 0 Å². The summed E-state index contributed by atoms with van der Waals surface area (Å²) in [4.78, 5) is 0. The molecule has 0 aliphatic carbocycles. The zero-order valence-electron chi connectivity index (χ0n) is 7.43. The first kappa shape index (κ1) is 10.5. The van der Waals surface area contributed by atoms with E-state index in [2.05, 4.69) is 0 Å². The predicted octanol–water partition coefficient (Wildman–Crippen LogP) is 2.65. The van der Waals surface area contributed by atoms with Crippen molar-refractivity contribution in [3.8, 4) is 0 Å². The normalized spacial score (nSPS) is 12.9. The van der Waals surface area contributed by atoms with Gasteiger partial charge in [-0.2, -0.15) is 0 Å². The minimum absolute atomic E-state index is 0.0615. The Bertz CT molecular complexity index is 288. The smallest absolute Gasteiger partial charge is 0.144 e. The average molecular weight is 203 g/mol. The van der Waals surface area contributed by atoms with E-state index in [1.54, 1.807) is 12.1 Å². The molecule has 1 atom stereocenters. The number of rotatable bonds is 3. The summed E-state index contributed by atoms with van der Waals surface area (Å²) >= 11 is 5.60. The van der Waals surface area contributed by atoms with E-state index >= 15 is 0 Å². The predicted molar refractivity (Wildman–Crippen MR) is 51.4 cm³/mol. The van der Waals surface area contributed by atoms with Gasteiger partial charge in [0.25, 0.3) is 0 Å². The van der Waals surface area contributed by atoms with E-state index in [9.17, 15) is 4.39 Å². The molecule has 0 saturated heterocycles. The molecular formula is C10H12ClFO. The van der Waals surface area contributed by atoms with E-state index in [1.807, 2.05) is 6.92 Å². The van der Waals surface area contributed by atoms with Crippen molar-refractivity contribution in [2.75, 3.05) is 6.61 Å². The Labute approximate surface area is 82.2 Å². The van der Waals surface area contributed by atoms with E-state index in [4.69, 9.17) is 16.7 Å². The fraction of sp³-hybridized carbons (Fsp3) is 0.400. The molecule has 3 heteroatoms. The Morgan fingerprint density at radius 2 is 2.23 bits per heavy atom. The lowest BCUT2D eigenvalue weighted by molar-refractivity contribution is 0.236. The maximum Gasteiger partial charge on any atom is 0.144 e. The van der Waals surface area contributed by atoms with Gasteiger partial charge in [-0.3, -0.25) is 0 Å². The second kappa shape index (κ2) is 4.58. The largest absolute Gasteiger partial charge is 0.396 e. The molecule has 0 bridgehead atoms. The Morgan fingerprint density at radius 1 is 1.54 bits per heavy atom. The van der Waals surface area contributed by atoms with Gasteiger partial charge in [-0.1, -0.05) is 30.7 Å². The van der Waals surface area contributed by atoms with Crippen molar-refractivity contribution in [2.45, 2.75) is 13.3 Å². The molecule has 1 aromatic carbocycles. The number of hydrogen-bond donors (Lipinski definition) is 1. The van der Waals surface area contributed by atoms with E-state index in [1.165, 1.54) is 6.07 Å². The number of hydrogen-bond acceptors (Lipinski definition) is 1. The van der Waals surface area contributed by atoms with Crippen LogP contribution in [-0.4, -0.2) is 11.7 Å². The first-order chi connectivity index (χ1) is 6.15. The van der Waals surface area contributed by atoms with Gasteiger partial charge in [0.15, 0.2) is 0 Å². The van der Waals surface area contributed by atoms with Crippen LogP contribution in [0, 0.1) is 11.7 Å². The van der Waals surface area contributed by atoms with Gasteiger partial charge in [0, 0.05) is 6.61 Å². The van der Waals surface area contributed by atoms with Gasteiger partial charge in [-0.05, 0) is 24.0 Å². The molecule has 0 spiro atoms. The molecule has 0 radical (unpaired) electrons. The minimum Gasteiger partial charge on any atom is -0.396 e. The zero-order chi connectivity index (χ0) is 9.84. The number of aliphatic hydroxyl groups is 1. The second-order valence-electron chi connectivity index (χ2n) is 3.20. The molecule has 0 aromatic heterocycles. The van der Waals surface area contributed by atoms with Gasteiger partial charge in [-0.25, -0.2) is 4.39 Å². The molecule has 13 heavy (non-hydrogen) atoms. The van der Waals surface area contributed by atoms with Gasteiger partial charge in [0.05, 0.1) is 5.02 Å². The summed E-state index contributed by atoms with van der Waals surface area (Å²) in [5, 5.41) is 8.94. The fourth-order valence-electron chi connectivity index (χ4n) is 1.15. The van der Waals surface area contributed by atoms with Crippen molar-refractivity contribution in [3.05, 3.63) is 34.6 Å². The maximum atomic E-state index is 13.3. The molecule has 1 unspecified atom stereocenters. The minimum atomic E-state index is -0.371. The molecular weight excluding hydrogens is 191 g/mol. The quantitative estimate of drug-likeness (QED) is 0.799. The molecule has 1 N–H and O–H groups in total. The Morgan fingerprint density at radius 3 is 2.85 bits per heavy atom. The van der Waals surface area contributed by atoms with Crippen LogP contribution in [0.25, 0.3) is 0 Å². The summed E-state index contributed by atoms with van der Waals surface area (Å²) in [6.45, 7) is 1.92. The van der Waals surface area contributed by atoms with Crippen LogP contribution in [-0.2, 0) is 6.42 Å². The Balaban J connectivity index is 2.83. The van der Waals surface area contributed by atoms with Crippen LogP contribution >= 0.6 is 11.6 Å². The van der Waals surface area contributed by atoms with Crippen LogP contribution in [0.5, 0.6) is 0 Å². The maximum absolute atomic E-state index is 13.3. The van der Waals surface area contributed by atoms with E-state index < -0.39 is 0 Å². The zero-order valence-corrected chi connectivity index (χ0v) is 8.18. The second-order valence-corrected chi connectivity index (χ2v) is 3.61. The highest BCUT2D eigenvalue weighted by Gasteiger charge is 2.09. The van der Waals surface area contributed by atoms with Crippen LogP contribution in [0.3, 0.4) is 0 Å². The third-order valence-electron chi connectivity index (χ3n) is 1.91. The number of aliphatic hydroxyl groups excluding tert-OH is 1. The van der Waals surface area contributed by atoms with Crippen LogP contribution in [0.15, 0.2) is 18.2 Å². The monoisotopic (exact) mass is 202 g/mol. The van der Waals surface area contributed by atoms with Crippen molar-refractivity contribution in [2.24, 2.45) is 5.92 Å². The molecule has 0 saturated carbocycles. The van der Waals surface area contributed by atoms with E-state index in [0.29, 0.717) is 12.0 Å². The molecule has 72 valence electrons. The summed E-state index contributed by atoms with van der Waals surface area (Å²) in [6.07, 6.45) is 0.517. The van der Waals surface area contributed by atoms with E-state index in [0.717, 1.165) is 0 Å². The SMILES string of the molecule is CC(CO)Cc1cccc(Cl)c1F. The van der Waals surface area contributed by atoms with Gasteiger partial charge in [0.1, 0.15) is 5.82 Å². The molecule has 1 rings (SSSR count). The summed E-state index contributed by atoms with van der Waals surface area (Å²) in [5.41, 5.74) is 0.564. The van der Waals surface area contributed by atoms with Crippen molar-refractivity contribution in [3.63, 3.8) is 0 Å². The van der Waals surface area contributed by atoms with Crippen LogP contribution in [0.4, 0.5) is 4.39 Å². The standard InChI is InChI=1S/C10H12ClFO/c1-7(6-13)5-8-3-2-4-9(11)10(8)12/h2-4,7,13H,5-6H2,1H3. The highest BCUT2D eigenvalue weighted by molar-refractivity contribution is 6.30. The topological polar surface area (TPSA) is 20.2 Å². The van der Waals surface area contributed by atoms with Gasteiger partial charge >= 0.3 is 0 Å². The van der Waals surface area contributed by atoms with Gasteiger partial charge in [0.2, 0.25) is 0 Å². The lowest BCUT2D eigenvalue weighted by Gasteiger charge is -2.08. The fourth-order valence-corrected chi connectivity index (χ4v) is 1.34. The molecule has 0 heterocycles. The van der Waals surface area contributed by atoms with Crippen molar-refractivity contribution in [1.82, 2.24) is 0 Å². The van der Waals surface area contributed by atoms with Crippen LogP contribution in [0.1, 0.15) is 12.5 Å². The average Bonchev–Trinajstić information content (AvgIpc) is 2.13. The van der Waals surface area contributed by atoms with Crippen LogP contribution in [0.2, 0.25) is 5.02 Å². The highest BCUT2D eigenvalue weighted by atomic mass is 35.5. The third kappa shape index (κ3) is 2.68. The molecule has 0 fully saturated rings. The first-order valence-electron chi connectivity index (χ1n) is 4.19. The molecule has 0 aliphatic rings. The van der Waals surface area contributed by atoms with E-state index in [-0.39, 0.29) is 23.4 Å². The summed E-state index contributed by atoms with van der Waals surface area (Å²) < 4.78 is 13.3. The summed E-state index contributed by atoms with van der Waals surface area (Å²) in [6, 6.07) is 4.92. The number of benzene rings is 1. The Kier molecular flexibility index (Phi) is 3.70. The van der Waals surface area contributed by atoms with Gasteiger partial charge < -0.3 is 5.11 Å². The lowest BCUT2D eigenvalue weighted by Crippen LogP contribution is -2.06. The molecule has 0 aliphatic heterocycles.